The van der Waals surface area contributed by atoms with Crippen molar-refractivity contribution in [1.29, 1.82) is 0 Å². The van der Waals surface area contributed by atoms with Crippen LogP contribution in [0, 0.1) is 18.8 Å². The molecule has 102 valence electrons. The normalized spacial score (nSPS) is 18.5. The third-order valence-electron chi connectivity index (χ3n) is 4.23. The molecule has 2 aliphatic carbocycles. The highest BCUT2D eigenvalue weighted by Gasteiger charge is 2.42. The summed E-state index contributed by atoms with van der Waals surface area (Å²) in [5.41, 5.74) is 1.76. The Bertz CT molecular complexity index is 478. The van der Waals surface area contributed by atoms with Crippen molar-refractivity contribution in [3.63, 3.8) is 0 Å². The first-order valence-corrected chi connectivity index (χ1v) is 7.14. The van der Waals surface area contributed by atoms with Crippen molar-refractivity contribution in [3.8, 4) is 5.75 Å². The minimum absolute atomic E-state index is 0.0436. The lowest BCUT2D eigenvalue weighted by Crippen LogP contribution is -2.38. The summed E-state index contributed by atoms with van der Waals surface area (Å²) in [6, 6.07) is 6.06. The van der Waals surface area contributed by atoms with E-state index in [9.17, 15) is 4.79 Å². The summed E-state index contributed by atoms with van der Waals surface area (Å²) in [5.74, 6) is 2.27. The summed E-state index contributed by atoms with van der Waals surface area (Å²) in [4.78, 5) is 12.3. The molecule has 0 spiro atoms. The lowest BCUT2D eigenvalue weighted by atomic mass is 10.1. The van der Waals surface area contributed by atoms with E-state index in [1.54, 1.807) is 7.11 Å². The molecule has 2 aliphatic rings. The molecule has 2 fully saturated rings. The maximum absolute atomic E-state index is 12.3. The second kappa shape index (κ2) is 4.87. The zero-order valence-electron chi connectivity index (χ0n) is 11.6. The van der Waals surface area contributed by atoms with Crippen LogP contribution in [-0.4, -0.2) is 19.1 Å². The molecule has 19 heavy (non-hydrogen) atoms. The van der Waals surface area contributed by atoms with Gasteiger partial charge in [0.05, 0.1) is 7.11 Å². The van der Waals surface area contributed by atoms with Crippen molar-refractivity contribution >= 4 is 5.91 Å². The number of nitrogens with one attached hydrogen (secondary N) is 1. The number of carbonyl (C=O) groups excluding carboxylic acids is 1. The van der Waals surface area contributed by atoms with Crippen LogP contribution in [-0.2, 0) is 0 Å². The molecule has 0 aromatic heterocycles. The highest BCUT2D eigenvalue weighted by atomic mass is 16.5. The number of amides is 1. The monoisotopic (exact) mass is 259 g/mol. The van der Waals surface area contributed by atoms with Crippen LogP contribution in [0.15, 0.2) is 18.2 Å². The summed E-state index contributed by atoms with van der Waals surface area (Å²) >= 11 is 0. The molecule has 3 heteroatoms. The van der Waals surface area contributed by atoms with Crippen molar-refractivity contribution in [1.82, 2.24) is 5.32 Å². The van der Waals surface area contributed by atoms with Gasteiger partial charge in [-0.1, -0.05) is 6.07 Å². The minimum Gasteiger partial charge on any atom is -0.496 e. The summed E-state index contributed by atoms with van der Waals surface area (Å²) in [5, 5.41) is 3.23. The first kappa shape index (κ1) is 12.5. The molecule has 3 nitrogen and oxygen atoms in total. The zero-order valence-corrected chi connectivity index (χ0v) is 11.6. The van der Waals surface area contributed by atoms with Gasteiger partial charge in [0.1, 0.15) is 5.75 Å². The van der Waals surface area contributed by atoms with Gasteiger partial charge in [-0.3, -0.25) is 4.79 Å². The Balaban J connectivity index is 1.72. The lowest BCUT2D eigenvalue weighted by Gasteiger charge is -2.18. The van der Waals surface area contributed by atoms with E-state index in [0.717, 1.165) is 23.1 Å². The zero-order chi connectivity index (χ0) is 13.4. The van der Waals surface area contributed by atoms with Crippen LogP contribution in [0.1, 0.15) is 41.6 Å². The summed E-state index contributed by atoms with van der Waals surface area (Å²) in [7, 11) is 1.64. The Morgan fingerprint density at radius 1 is 1.26 bits per heavy atom. The molecular weight excluding hydrogens is 238 g/mol. The Morgan fingerprint density at radius 3 is 2.42 bits per heavy atom. The van der Waals surface area contributed by atoms with Gasteiger partial charge in [-0.25, -0.2) is 0 Å². The molecule has 1 N–H and O–H groups in total. The average molecular weight is 259 g/mol. The third kappa shape index (κ3) is 2.75. The Hall–Kier alpha value is -1.51. The molecule has 0 atom stereocenters. The highest BCUT2D eigenvalue weighted by Crippen LogP contribution is 2.44. The number of hydrogen-bond acceptors (Lipinski definition) is 2. The number of rotatable bonds is 5. The third-order valence-corrected chi connectivity index (χ3v) is 4.23. The van der Waals surface area contributed by atoms with E-state index in [0.29, 0.717) is 11.6 Å². The van der Waals surface area contributed by atoms with Gasteiger partial charge in [0, 0.05) is 11.6 Å². The molecule has 0 bridgehead atoms. The molecule has 1 aromatic rings. The lowest BCUT2D eigenvalue weighted by molar-refractivity contribution is 0.0926. The first-order valence-electron chi connectivity index (χ1n) is 7.14. The quantitative estimate of drug-likeness (QED) is 0.883. The van der Waals surface area contributed by atoms with Gasteiger partial charge in [-0.2, -0.15) is 0 Å². The van der Waals surface area contributed by atoms with Crippen LogP contribution in [0.2, 0.25) is 0 Å². The molecule has 3 rings (SSSR count). The molecule has 2 saturated carbocycles. The predicted octanol–water partition coefficient (Wildman–Crippen LogP) is 2.92. The molecule has 0 aliphatic heterocycles. The van der Waals surface area contributed by atoms with E-state index in [4.69, 9.17) is 4.74 Å². The van der Waals surface area contributed by atoms with E-state index < -0.39 is 0 Å². The van der Waals surface area contributed by atoms with Crippen LogP contribution in [0.3, 0.4) is 0 Å². The Labute approximate surface area is 114 Å². The Morgan fingerprint density at radius 2 is 1.89 bits per heavy atom. The first-order chi connectivity index (χ1) is 9.19. The van der Waals surface area contributed by atoms with Gasteiger partial charge in [0.2, 0.25) is 0 Å². The van der Waals surface area contributed by atoms with Gasteiger partial charge in [0.15, 0.2) is 0 Å². The fourth-order valence-electron chi connectivity index (χ4n) is 2.73. The highest BCUT2D eigenvalue weighted by molar-refractivity contribution is 5.95. The Kier molecular flexibility index (Phi) is 3.21. The molecule has 1 amide bonds. The van der Waals surface area contributed by atoms with Crippen LogP contribution < -0.4 is 10.1 Å². The fourth-order valence-corrected chi connectivity index (χ4v) is 2.73. The van der Waals surface area contributed by atoms with Crippen molar-refractivity contribution in [3.05, 3.63) is 29.3 Å². The fraction of sp³-hybridized carbons (Fsp3) is 0.562. The topological polar surface area (TPSA) is 38.3 Å². The summed E-state index contributed by atoms with van der Waals surface area (Å²) < 4.78 is 5.28. The minimum atomic E-state index is 0.0436. The predicted molar refractivity (Wildman–Crippen MR) is 74.4 cm³/mol. The second-order valence-electron chi connectivity index (χ2n) is 5.86. The van der Waals surface area contributed by atoms with Crippen LogP contribution >= 0.6 is 0 Å². The van der Waals surface area contributed by atoms with E-state index in [1.807, 2.05) is 25.1 Å². The van der Waals surface area contributed by atoms with Gasteiger partial charge in [-0.15, -0.1) is 0 Å². The largest absolute Gasteiger partial charge is 0.496 e. The number of carbonyl (C=O) groups is 1. The van der Waals surface area contributed by atoms with Gasteiger partial charge < -0.3 is 10.1 Å². The maximum atomic E-state index is 12.3. The molecule has 0 radical (unpaired) electrons. The summed E-state index contributed by atoms with van der Waals surface area (Å²) in [6.07, 6.45) is 5.11. The number of benzene rings is 1. The van der Waals surface area contributed by atoms with Crippen LogP contribution in [0.5, 0.6) is 5.75 Å². The number of ether oxygens (including phenoxy) is 1. The number of aryl methyl sites for hydroxylation is 1. The summed E-state index contributed by atoms with van der Waals surface area (Å²) in [6.45, 7) is 1.98. The van der Waals surface area contributed by atoms with Crippen molar-refractivity contribution < 1.29 is 9.53 Å². The van der Waals surface area contributed by atoms with E-state index in [1.165, 1.54) is 25.7 Å². The molecule has 0 saturated heterocycles. The van der Waals surface area contributed by atoms with E-state index in [-0.39, 0.29) is 5.91 Å². The molecule has 1 aromatic carbocycles. The van der Waals surface area contributed by atoms with Gasteiger partial charge in [-0.05, 0) is 62.1 Å². The molecular formula is C16H21NO2. The standard InChI is InChI=1S/C16H21NO2/c1-10-3-4-13(9-14(10)19-2)16(18)17-15(11-5-6-11)12-7-8-12/h3-4,9,11-12,15H,5-8H2,1-2H3,(H,17,18). The van der Waals surface area contributed by atoms with Crippen LogP contribution in [0.4, 0.5) is 0 Å². The average Bonchev–Trinajstić information content (AvgIpc) is 3.29. The number of hydrogen-bond donors (Lipinski definition) is 1. The smallest absolute Gasteiger partial charge is 0.251 e. The SMILES string of the molecule is COc1cc(C(=O)NC(C2CC2)C2CC2)ccc1C. The van der Waals surface area contributed by atoms with E-state index in [2.05, 4.69) is 5.32 Å². The second-order valence-corrected chi connectivity index (χ2v) is 5.86. The van der Waals surface area contributed by atoms with Crippen molar-refractivity contribution in [2.24, 2.45) is 11.8 Å². The number of methoxy groups -OCH3 is 1. The van der Waals surface area contributed by atoms with Crippen molar-refractivity contribution in [2.45, 2.75) is 38.6 Å². The maximum Gasteiger partial charge on any atom is 0.251 e. The molecule has 0 unspecified atom stereocenters. The van der Waals surface area contributed by atoms with Gasteiger partial charge in [0.25, 0.3) is 5.91 Å². The molecule has 0 heterocycles. The van der Waals surface area contributed by atoms with Gasteiger partial charge >= 0.3 is 0 Å². The van der Waals surface area contributed by atoms with Crippen molar-refractivity contribution in [2.75, 3.05) is 7.11 Å². The van der Waals surface area contributed by atoms with E-state index >= 15 is 0 Å². The van der Waals surface area contributed by atoms with Crippen LogP contribution in [0.25, 0.3) is 0 Å².